The molecule has 2 rings (SSSR count). The van der Waals surface area contributed by atoms with E-state index in [2.05, 4.69) is 11.9 Å². The quantitative estimate of drug-likeness (QED) is 0.588. The van der Waals surface area contributed by atoms with Gasteiger partial charge in [0.25, 0.3) is 0 Å². The zero-order valence-corrected chi connectivity index (χ0v) is 16.5. The van der Waals surface area contributed by atoms with Gasteiger partial charge in [-0.25, -0.2) is 0 Å². The lowest BCUT2D eigenvalue weighted by atomic mass is 9.85. The van der Waals surface area contributed by atoms with Gasteiger partial charge in [-0.15, -0.1) is 0 Å². The number of amides is 2. The molecule has 26 heavy (non-hydrogen) atoms. The maximum absolute atomic E-state index is 12.5. The second-order valence-electron chi connectivity index (χ2n) is 7.12. The van der Waals surface area contributed by atoms with Gasteiger partial charge >= 0.3 is 0 Å². The summed E-state index contributed by atoms with van der Waals surface area (Å²) >= 11 is 5.75. The zero-order chi connectivity index (χ0) is 19.1. The average Bonchev–Trinajstić information content (AvgIpc) is 2.61. The molecule has 0 spiro atoms. The van der Waals surface area contributed by atoms with E-state index in [0.717, 1.165) is 31.3 Å². The summed E-state index contributed by atoms with van der Waals surface area (Å²) in [7, 11) is 0. The van der Waals surface area contributed by atoms with Crippen LogP contribution in [0.15, 0.2) is 34.9 Å². The summed E-state index contributed by atoms with van der Waals surface area (Å²) in [5.74, 6) is 0.259. The maximum atomic E-state index is 12.5. The molecule has 1 aliphatic heterocycles. The Morgan fingerprint density at radius 2 is 1.73 bits per heavy atom. The number of carbonyl (C=O) groups is 2. The van der Waals surface area contributed by atoms with Gasteiger partial charge in [-0.2, -0.15) is 0 Å². The van der Waals surface area contributed by atoms with Crippen LogP contribution in [0.2, 0.25) is 0 Å². The Balaban J connectivity index is 1.80. The molecule has 144 valence electrons. The molecule has 0 unspecified atom stereocenters. The number of morpholine rings is 1. The van der Waals surface area contributed by atoms with Crippen molar-refractivity contribution in [2.24, 2.45) is 5.92 Å². The number of allylic oxidation sites excluding steroid dienone is 4. The molecule has 0 atom stereocenters. The van der Waals surface area contributed by atoms with Crippen LogP contribution in [0, 0.1) is 5.92 Å². The highest BCUT2D eigenvalue weighted by Crippen LogP contribution is 2.26. The molecule has 2 amide bonds. The number of hydrogen-bond donors (Lipinski definition) is 1. The lowest BCUT2D eigenvalue weighted by Gasteiger charge is -2.34. The molecule has 1 heterocycles. The van der Waals surface area contributed by atoms with Crippen molar-refractivity contribution >= 4 is 23.4 Å². The average molecular weight is 381 g/mol. The lowest BCUT2D eigenvalue weighted by molar-refractivity contribution is -0.140. The van der Waals surface area contributed by atoms with Gasteiger partial charge in [0.15, 0.2) is 0 Å². The van der Waals surface area contributed by atoms with Crippen LogP contribution in [0.25, 0.3) is 0 Å². The van der Waals surface area contributed by atoms with Crippen LogP contribution in [0.4, 0.5) is 0 Å². The van der Waals surface area contributed by atoms with Crippen LogP contribution in [-0.2, 0) is 14.3 Å². The van der Waals surface area contributed by atoms with Gasteiger partial charge in [0.2, 0.25) is 11.8 Å². The Morgan fingerprint density at radius 3 is 2.31 bits per heavy atom. The largest absolute Gasteiger partial charge is 0.378 e. The number of hydrogen-bond acceptors (Lipinski definition) is 3. The van der Waals surface area contributed by atoms with Gasteiger partial charge < -0.3 is 15.0 Å². The molecule has 1 aliphatic carbocycles. The predicted octanol–water partition coefficient (Wildman–Crippen LogP) is 3.17. The smallest absolute Gasteiger partial charge is 0.247 e. The Bertz CT molecular complexity index is 598. The Hall–Kier alpha value is -1.59. The summed E-state index contributed by atoms with van der Waals surface area (Å²) in [4.78, 5) is 26.8. The lowest BCUT2D eigenvalue weighted by Crippen LogP contribution is -2.46. The standard InChI is InChI=1S/C20H29ClN2O3/c1-14(13-16(3)21)12-15(2)19(24)22-18-6-4-17(5-7-18)20(25)23-8-10-26-11-9-23/h12-13,17-18H,3-11H2,1-2H3,(H,22,24)/b14-13+,15-12+/t17-,18-. The van der Waals surface area contributed by atoms with Crippen molar-refractivity contribution in [3.8, 4) is 0 Å². The number of ether oxygens (including phenoxy) is 1. The van der Waals surface area contributed by atoms with Gasteiger partial charge in [-0.05, 0) is 51.2 Å². The van der Waals surface area contributed by atoms with Crippen LogP contribution in [-0.4, -0.2) is 49.1 Å². The number of halogens is 1. The number of nitrogens with zero attached hydrogens (tertiary/aromatic N) is 1. The fourth-order valence-electron chi connectivity index (χ4n) is 3.52. The fraction of sp³-hybridized carbons (Fsp3) is 0.600. The van der Waals surface area contributed by atoms with E-state index in [0.29, 0.717) is 36.9 Å². The molecule has 0 bridgehead atoms. The van der Waals surface area contributed by atoms with E-state index >= 15 is 0 Å². The molecule has 0 aromatic heterocycles. The predicted molar refractivity (Wildman–Crippen MR) is 104 cm³/mol. The molecule has 2 fully saturated rings. The Labute approximate surface area is 161 Å². The second-order valence-corrected chi connectivity index (χ2v) is 7.61. The molecule has 2 aliphatic rings. The van der Waals surface area contributed by atoms with Crippen LogP contribution in [0.3, 0.4) is 0 Å². The number of rotatable bonds is 5. The first-order chi connectivity index (χ1) is 12.4. The topological polar surface area (TPSA) is 58.6 Å². The van der Waals surface area contributed by atoms with E-state index in [9.17, 15) is 9.59 Å². The van der Waals surface area contributed by atoms with Crippen molar-refractivity contribution in [1.82, 2.24) is 10.2 Å². The highest BCUT2D eigenvalue weighted by Gasteiger charge is 2.30. The third-order valence-corrected chi connectivity index (χ3v) is 5.03. The SMILES string of the molecule is C=C(Cl)/C=C(C)/C=C(\C)C(=O)N[C@H]1CC[C@H](C(=O)N2CCOCC2)CC1. The van der Waals surface area contributed by atoms with E-state index in [1.54, 1.807) is 19.1 Å². The van der Waals surface area contributed by atoms with Crippen molar-refractivity contribution in [2.75, 3.05) is 26.3 Å². The second kappa shape index (κ2) is 9.93. The molecule has 6 heteroatoms. The summed E-state index contributed by atoms with van der Waals surface area (Å²) in [6, 6.07) is 0.131. The van der Waals surface area contributed by atoms with E-state index < -0.39 is 0 Å². The van der Waals surface area contributed by atoms with Gasteiger partial charge in [0.1, 0.15) is 0 Å². The molecular weight excluding hydrogens is 352 g/mol. The minimum Gasteiger partial charge on any atom is -0.378 e. The normalized spacial score (nSPS) is 25.0. The number of nitrogens with one attached hydrogen (secondary N) is 1. The third kappa shape index (κ3) is 6.29. The maximum Gasteiger partial charge on any atom is 0.247 e. The molecule has 5 nitrogen and oxygen atoms in total. The van der Waals surface area contributed by atoms with Crippen LogP contribution >= 0.6 is 11.6 Å². The Morgan fingerprint density at radius 1 is 1.12 bits per heavy atom. The summed E-state index contributed by atoms with van der Waals surface area (Å²) < 4.78 is 5.31. The monoisotopic (exact) mass is 380 g/mol. The summed E-state index contributed by atoms with van der Waals surface area (Å²) in [6.45, 7) is 9.94. The summed E-state index contributed by atoms with van der Waals surface area (Å²) in [5, 5.41) is 3.52. The molecule has 1 saturated carbocycles. The molecule has 0 aromatic carbocycles. The van der Waals surface area contributed by atoms with Crippen molar-refractivity contribution < 1.29 is 14.3 Å². The minimum atomic E-state index is -0.0686. The van der Waals surface area contributed by atoms with E-state index in [4.69, 9.17) is 16.3 Å². The van der Waals surface area contributed by atoms with Crippen molar-refractivity contribution in [3.05, 3.63) is 34.9 Å². The van der Waals surface area contributed by atoms with Crippen LogP contribution < -0.4 is 5.32 Å². The summed E-state index contributed by atoms with van der Waals surface area (Å²) in [6.07, 6.45) is 6.86. The minimum absolute atomic E-state index is 0.0686. The zero-order valence-electron chi connectivity index (χ0n) is 15.7. The highest BCUT2D eigenvalue weighted by molar-refractivity contribution is 6.30. The first kappa shape index (κ1) is 20.7. The highest BCUT2D eigenvalue weighted by atomic mass is 35.5. The van der Waals surface area contributed by atoms with E-state index in [1.165, 1.54) is 0 Å². The van der Waals surface area contributed by atoms with Crippen molar-refractivity contribution in [3.63, 3.8) is 0 Å². The van der Waals surface area contributed by atoms with Gasteiger partial charge in [-0.3, -0.25) is 9.59 Å². The molecule has 1 saturated heterocycles. The molecule has 0 radical (unpaired) electrons. The molecule has 0 aromatic rings. The van der Waals surface area contributed by atoms with E-state index in [-0.39, 0.29) is 23.8 Å². The van der Waals surface area contributed by atoms with Crippen molar-refractivity contribution in [1.29, 1.82) is 0 Å². The van der Waals surface area contributed by atoms with Crippen molar-refractivity contribution in [2.45, 2.75) is 45.6 Å². The van der Waals surface area contributed by atoms with Crippen LogP contribution in [0.5, 0.6) is 0 Å². The van der Waals surface area contributed by atoms with Gasteiger partial charge in [0, 0.05) is 35.7 Å². The third-order valence-electron chi connectivity index (χ3n) is 4.92. The van der Waals surface area contributed by atoms with E-state index in [1.807, 2.05) is 11.8 Å². The fourth-order valence-corrected chi connectivity index (χ4v) is 3.69. The molecule has 1 N–H and O–H groups in total. The van der Waals surface area contributed by atoms with Gasteiger partial charge in [-0.1, -0.05) is 24.3 Å². The first-order valence-electron chi connectivity index (χ1n) is 9.25. The van der Waals surface area contributed by atoms with Crippen LogP contribution in [0.1, 0.15) is 39.5 Å². The molecular formula is C20H29ClN2O3. The summed E-state index contributed by atoms with van der Waals surface area (Å²) in [5.41, 5.74) is 1.53. The first-order valence-corrected chi connectivity index (χ1v) is 9.63. The number of carbonyl (C=O) groups excluding carboxylic acids is 2. The van der Waals surface area contributed by atoms with Gasteiger partial charge in [0.05, 0.1) is 13.2 Å². The Kier molecular flexibility index (Phi) is 7.91.